The number of urea groups is 1. The highest BCUT2D eigenvalue weighted by Gasteiger charge is 2.18. The van der Waals surface area contributed by atoms with Crippen molar-refractivity contribution < 1.29 is 4.79 Å². The lowest BCUT2D eigenvalue weighted by molar-refractivity contribution is 0.256. The predicted octanol–water partition coefficient (Wildman–Crippen LogP) is 3.90. The van der Waals surface area contributed by atoms with Crippen molar-refractivity contribution in [3.63, 3.8) is 0 Å². The van der Waals surface area contributed by atoms with Crippen LogP contribution in [0.2, 0.25) is 0 Å². The van der Waals surface area contributed by atoms with E-state index in [1.165, 1.54) is 0 Å². The quantitative estimate of drug-likeness (QED) is 0.900. The minimum Gasteiger partial charge on any atom is -0.351 e. The van der Waals surface area contributed by atoms with Crippen molar-refractivity contribution in [2.75, 3.05) is 4.90 Å². The van der Waals surface area contributed by atoms with Crippen LogP contribution in [0, 0.1) is 20.8 Å². The monoisotopic (exact) mass is 267 g/mol. The van der Waals surface area contributed by atoms with Gasteiger partial charge in [0.15, 0.2) is 0 Å². The molecular formula is C17H19N2O. The molecule has 0 fully saturated rings. The maximum absolute atomic E-state index is 11.9. The number of anilines is 2. The van der Waals surface area contributed by atoms with Gasteiger partial charge in [-0.15, -0.1) is 0 Å². The Morgan fingerprint density at radius 2 is 1.75 bits per heavy atom. The van der Waals surface area contributed by atoms with Crippen molar-refractivity contribution in [2.24, 2.45) is 5.73 Å². The molecule has 0 bridgehead atoms. The zero-order chi connectivity index (χ0) is 14.7. The highest BCUT2D eigenvalue weighted by atomic mass is 16.2. The number of nitrogens with zero attached hydrogens (tertiary/aromatic N) is 1. The molecule has 3 heteroatoms. The first kappa shape index (κ1) is 14.1. The molecule has 0 heterocycles. The summed E-state index contributed by atoms with van der Waals surface area (Å²) in [6.45, 7) is 7.81. The molecule has 0 unspecified atom stereocenters. The van der Waals surface area contributed by atoms with Crippen LogP contribution in [0.5, 0.6) is 0 Å². The van der Waals surface area contributed by atoms with Gasteiger partial charge in [-0.2, -0.15) is 0 Å². The van der Waals surface area contributed by atoms with Crippen molar-refractivity contribution in [3.8, 4) is 0 Å². The number of hydrogen-bond donors (Lipinski definition) is 1. The summed E-state index contributed by atoms with van der Waals surface area (Å²) in [5.41, 5.74) is 10.4. The Labute approximate surface area is 120 Å². The van der Waals surface area contributed by atoms with E-state index < -0.39 is 6.03 Å². The van der Waals surface area contributed by atoms with Crippen LogP contribution in [0.25, 0.3) is 0 Å². The van der Waals surface area contributed by atoms with E-state index in [0.717, 1.165) is 34.5 Å². The first-order chi connectivity index (χ1) is 9.54. The van der Waals surface area contributed by atoms with E-state index in [4.69, 9.17) is 5.73 Å². The van der Waals surface area contributed by atoms with Gasteiger partial charge in [0.1, 0.15) is 0 Å². The van der Waals surface area contributed by atoms with Crippen LogP contribution in [-0.4, -0.2) is 6.03 Å². The Morgan fingerprint density at radius 1 is 1.10 bits per heavy atom. The van der Waals surface area contributed by atoms with Crippen LogP contribution in [0.1, 0.15) is 16.7 Å². The van der Waals surface area contributed by atoms with Gasteiger partial charge in [0, 0.05) is 0 Å². The third kappa shape index (κ3) is 2.67. The maximum Gasteiger partial charge on any atom is 0.323 e. The van der Waals surface area contributed by atoms with Gasteiger partial charge < -0.3 is 5.73 Å². The minimum absolute atomic E-state index is 0.482. The van der Waals surface area contributed by atoms with E-state index in [1.807, 2.05) is 56.3 Å². The minimum atomic E-state index is -0.482. The number of benzene rings is 2. The van der Waals surface area contributed by atoms with Crippen LogP contribution < -0.4 is 10.6 Å². The number of amides is 2. The van der Waals surface area contributed by atoms with Crippen molar-refractivity contribution in [3.05, 3.63) is 66.1 Å². The molecule has 0 atom stereocenters. The Morgan fingerprint density at radius 3 is 2.30 bits per heavy atom. The number of para-hydroxylation sites is 1. The maximum atomic E-state index is 11.9. The smallest absolute Gasteiger partial charge is 0.323 e. The van der Waals surface area contributed by atoms with Crippen molar-refractivity contribution in [1.82, 2.24) is 0 Å². The average Bonchev–Trinajstić information content (AvgIpc) is 2.42. The van der Waals surface area contributed by atoms with Crippen molar-refractivity contribution in [2.45, 2.75) is 20.3 Å². The lowest BCUT2D eigenvalue weighted by Crippen LogP contribution is -2.32. The highest BCUT2D eigenvalue weighted by Crippen LogP contribution is 2.31. The topological polar surface area (TPSA) is 46.3 Å². The molecule has 0 aliphatic rings. The second-order valence-electron chi connectivity index (χ2n) is 4.83. The number of hydrogen-bond acceptors (Lipinski definition) is 1. The average molecular weight is 267 g/mol. The number of rotatable bonds is 3. The van der Waals surface area contributed by atoms with Crippen LogP contribution in [0.4, 0.5) is 16.2 Å². The summed E-state index contributed by atoms with van der Waals surface area (Å²) < 4.78 is 0. The predicted molar refractivity (Wildman–Crippen MR) is 83.1 cm³/mol. The number of primary amides is 1. The van der Waals surface area contributed by atoms with Gasteiger partial charge in [-0.3, -0.25) is 4.90 Å². The van der Waals surface area contributed by atoms with Crippen LogP contribution in [0.3, 0.4) is 0 Å². The Hall–Kier alpha value is -2.29. The fraction of sp³-hybridized carbons (Fsp3) is 0.176. The molecule has 20 heavy (non-hydrogen) atoms. The Balaban J connectivity index is 2.55. The van der Waals surface area contributed by atoms with Crippen molar-refractivity contribution >= 4 is 17.4 Å². The van der Waals surface area contributed by atoms with Crippen molar-refractivity contribution in [1.29, 1.82) is 0 Å². The van der Waals surface area contributed by atoms with E-state index in [0.29, 0.717) is 0 Å². The molecular weight excluding hydrogens is 248 g/mol. The van der Waals surface area contributed by atoms with E-state index in [2.05, 4.69) is 6.92 Å². The fourth-order valence-corrected chi connectivity index (χ4v) is 2.31. The molecule has 0 spiro atoms. The molecule has 0 aromatic heterocycles. The molecule has 1 radical (unpaired) electrons. The number of carbonyl (C=O) groups excluding carboxylic acids is 1. The Bertz CT molecular complexity index is 635. The van der Waals surface area contributed by atoms with E-state index in [-0.39, 0.29) is 0 Å². The SMILES string of the molecule is [CH2]Cc1ccc(N(C(N)=O)c2ccccc2C)c(C)c1. The summed E-state index contributed by atoms with van der Waals surface area (Å²) in [5.74, 6) is 0. The molecule has 2 N–H and O–H groups in total. The molecule has 0 aliphatic heterocycles. The zero-order valence-corrected chi connectivity index (χ0v) is 11.9. The van der Waals surface area contributed by atoms with E-state index >= 15 is 0 Å². The fourth-order valence-electron chi connectivity index (χ4n) is 2.31. The van der Waals surface area contributed by atoms with E-state index in [1.54, 1.807) is 4.90 Å². The number of carbonyl (C=O) groups is 1. The summed E-state index contributed by atoms with van der Waals surface area (Å²) in [5, 5.41) is 0. The molecule has 0 saturated carbocycles. The summed E-state index contributed by atoms with van der Waals surface area (Å²) in [4.78, 5) is 13.4. The van der Waals surface area contributed by atoms with Crippen LogP contribution >= 0.6 is 0 Å². The van der Waals surface area contributed by atoms with Gasteiger partial charge in [-0.1, -0.05) is 30.3 Å². The molecule has 0 saturated heterocycles. The molecule has 2 rings (SSSR count). The van der Waals surface area contributed by atoms with Gasteiger partial charge in [0.25, 0.3) is 0 Å². The van der Waals surface area contributed by atoms with Crippen LogP contribution in [-0.2, 0) is 6.42 Å². The van der Waals surface area contributed by atoms with E-state index in [9.17, 15) is 4.79 Å². The molecule has 0 aliphatic carbocycles. The first-order valence-electron chi connectivity index (χ1n) is 6.58. The summed E-state index contributed by atoms with van der Waals surface area (Å²) >= 11 is 0. The lowest BCUT2D eigenvalue weighted by Gasteiger charge is -2.24. The molecule has 2 aromatic rings. The number of nitrogens with two attached hydrogens (primary N) is 1. The third-order valence-electron chi connectivity index (χ3n) is 3.37. The molecule has 2 amide bonds. The van der Waals surface area contributed by atoms with Crippen LogP contribution in [0.15, 0.2) is 42.5 Å². The Kier molecular flexibility index (Phi) is 4.08. The normalized spacial score (nSPS) is 10.3. The second-order valence-corrected chi connectivity index (χ2v) is 4.83. The second kappa shape index (κ2) is 5.78. The zero-order valence-electron chi connectivity index (χ0n) is 11.9. The summed E-state index contributed by atoms with van der Waals surface area (Å²) in [6, 6.07) is 13.2. The lowest BCUT2D eigenvalue weighted by atomic mass is 10.1. The summed E-state index contributed by atoms with van der Waals surface area (Å²) in [6.07, 6.45) is 0.724. The van der Waals surface area contributed by atoms with Gasteiger partial charge >= 0.3 is 6.03 Å². The largest absolute Gasteiger partial charge is 0.351 e. The third-order valence-corrected chi connectivity index (χ3v) is 3.37. The van der Waals surface area contributed by atoms with Gasteiger partial charge in [0.05, 0.1) is 11.4 Å². The molecule has 103 valence electrons. The highest BCUT2D eigenvalue weighted by molar-refractivity contribution is 5.99. The van der Waals surface area contributed by atoms with Gasteiger partial charge in [0.2, 0.25) is 0 Å². The number of aryl methyl sites for hydroxylation is 2. The standard InChI is InChI=1S/C17H19N2O/c1-4-14-9-10-16(13(3)11-14)19(17(18)20)15-8-6-5-7-12(15)2/h5-11H,1,4H2,2-3H3,(H2,18,20). The molecule has 3 nitrogen and oxygen atoms in total. The van der Waals surface area contributed by atoms with Gasteiger partial charge in [-0.05, 0) is 56.0 Å². The summed E-state index contributed by atoms with van der Waals surface area (Å²) in [7, 11) is 0. The van der Waals surface area contributed by atoms with Gasteiger partial charge in [-0.25, -0.2) is 4.79 Å². The first-order valence-corrected chi connectivity index (χ1v) is 6.58. The molecule has 2 aromatic carbocycles.